The van der Waals surface area contributed by atoms with Crippen molar-refractivity contribution >= 4 is 40.4 Å². The summed E-state index contributed by atoms with van der Waals surface area (Å²) in [5.41, 5.74) is 6.53. The van der Waals surface area contributed by atoms with Gasteiger partial charge in [-0.15, -0.1) is 0 Å². The van der Waals surface area contributed by atoms with Crippen molar-refractivity contribution in [2.45, 2.75) is 0 Å². The molecule has 1 heterocycles. The highest BCUT2D eigenvalue weighted by Gasteiger charge is 2.10. The summed E-state index contributed by atoms with van der Waals surface area (Å²) in [6.07, 6.45) is 1.52. The Morgan fingerprint density at radius 3 is 2.57 bits per heavy atom. The molecular formula is C14H12ClN3O2S. The van der Waals surface area contributed by atoms with Crippen LogP contribution in [0.25, 0.3) is 0 Å². The zero-order valence-electron chi connectivity index (χ0n) is 11.1. The zero-order chi connectivity index (χ0) is 15.6. The summed E-state index contributed by atoms with van der Waals surface area (Å²) in [4.78, 5) is 23.8. The molecule has 0 fully saturated rings. The molecule has 5 nitrogen and oxygen atoms in total. The number of hydrogen-bond acceptors (Lipinski definition) is 3. The Bertz CT molecular complexity index is 786. The van der Waals surface area contributed by atoms with Crippen LogP contribution in [0.1, 0.15) is 15.9 Å². The fourth-order valence-electron chi connectivity index (χ4n) is 1.65. The molecule has 1 aromatic heterocycles. The number of carbonyl (C=O) groups excluding carboxylic acids is 1. The minimum atomic E-state index is -0.419. The number of carbonyl (C=O) groups is 1. The minimum absolute atomic E-state index is 0.223. The molecule has 2 aromatic rings. The van der Waals surface area contributed by atoms with Gasteiger partial charge in [0.1, 0.15) is 4.99 Å². The summed E-state index contributed by atoms with van der Waals surface area (Å²) in [5.74, 6) is -0.419. The molecule has 0 aliphatic carbocycles. The Hall–Kier alpha value is -2.18. The number of thiocarbonyl (C=S) groups is 1. The molecule has 7 heteroatoms. The Morgan fingerprint density at radius 2 is 2.00 bits per heavy atom. The van der Waals surface area contributed by atoms with Crippen molar-refractivity contribution in [1.82, 2.24) is 4.57 Å². The molecule has 0 spiro atoms. The van der Waals surface area contributed by atoms with Gasteiger partial charge in [0.25, 0.3) is 11.5 Å². The summed E-state index contributed by atoms with van der Waals surface area (Å²) in [5, 5.41) is 2.95. The Morgan fingerprint density at radius 1 is 1.29 bits per heavy atom. The second kappa shape index (κ2) is 6.07. The van der Waals surface area contributed by atoms with Gasteiger partial charge in [-0.3, -0.25) is 9.59 Å². The Kier molecular flexibility index (Phi) is 4.40. The molecule has 1 aromatic carbocycles. The van der Waals surface area contributed by atoms with Gasteiger partial charge in [-0.05, 0) is 24.3 Å². The molecule has 0 bridgehead atoms. The molecule has 0 saturated heterocycles. The predicted octanol–water partition coefficient (Wildman–Crippen LogP) is 1.93. The van der Waals surface area contributed by atoms with Gasteiger partial charge in [-0.2, -0.15) is 0 Å². The molecule has 0 saturated carbocycles. The highest BCUT2D eigenvalue weighted by atomic mass is 35.5. The van der Waals surface area contributed by atoms with Crippen LogP contribution in [0.3, 0.4) is 0 Å². The molecule has 0 atom stereocenters. The lowest BCUT2D eigenvalue weighted by atomic mass is 10.2. The average Bonchev–Trinajstić information content (AvgIpc) is 2.43. The molecular weight excluding hydrogens is 310 g/mol. The predicted molar refractivity (Wildman–Crippen MR) is 87.0 cm³/mol. The van der Waals surface area contributed by atoms with Crippen LogP contribution in [0.4, 0.5) is 5.69 Å². The maximum Gasteiger partial charge on any atom is 0.255 e. The van der Waals surface area contributed by atoms with E-state index in [9.17, 15) is 9.59 Å². The lowest BCUT2D eigenvalue weighted by Gasteiger charge is -2.09. The SMILES string of the molecule is Cn1ccc(C(=O)Nc2ccc(C(N)=S)cc2Cl)cc1=O. The standard InChI is InChI=1S/C14H12ClN3O2S/c1-18-5-4-9(7-12(18)19)14(20)17-11-3-2-8(13(16)21)6-10(11)15/h2-7H,1H3,(H2,16,21)(H,17,20). The van der Waals surface area contributed by atoms with Crippen molar-refractivity contribution in [1.29, 1.82) is 0 Å². The van der Waals surface area contributed by atoms with Crippen LogP contribution in [0.2, 0.25) is 5.02 Å². The van der Waals surface area contributed by atoms with Gasteiger partial charge in [-0.1, -0.05) is 23.8 Å². The summed E-state index contributed by atoms with van der Waals surface area (Å²) < 4.78 is 1.38. The first-order valence-electron chi connectivity index (χ1n) is 5.96. The van der Waals surface area contributed by atoms with Crippen LogP contribution < -0.4 is 16.6 Å². The van der Waals surface area contributed by atoms with E-state index >= 15 is 0 Å². The zero-order valence-corrected chi connectivity index (χ0v) is 12.7. The number of pyridine rings is 1. The van der Waals surface area contributed by atoms with E-state index in [0.717, 1.165) is 0 Å². The van der Waals surface area contributed by atoms with Crippen molar-refractivity contribution in [2.75, 3.05) is 5.32 Å². The number of rotatable bonds is 3. The molecule has 2 rings (SSSR count). The number of halogens is 1. The average molecular weight is 322 g/mol. The second-order valence-electron chi connectivity index (χ2n) is 4.38. The molecule has 0 unspecified atom stereocenters. The molecule has 0 aliphatic rings. The van der Waals surface area contributed by atoms with Crippen LogP contribution in [0.5, 0.6) is 0 Å². The summed E-state index contributed by atoms with van der Waals surface area (Å²) >= 11 is 10.9. The first-order chi connectivity index (χ1) is 9.88. The summed E-state index contributed by atoms with van der Waals surface area (Å²) in [7, 11) is 1.61. The van der Waals surface area contributed by atoms with Gasteiger partial charge in [0.15, 0.2) is 0 Å². The van der Waals surface area contributed by atoms with Gasteiger partial charge >= 0.3 is 0 Å². The van der Waals surface area contributed by atoms with Crippen molar-refractivity contribution in [3.8, 4) is 0 Å². The maximum atomic E-state index is 12.1. The Labute approximate surface area is 131 Å². The van der Waals surface area contributed by atoms with E-state index in [0.29, 0.717) is 16.3 Å². The molecule has 1 amide bonds. The number of nitrogens with two attached hydrogens (primary N) is 1. The summed E-state index contributed by atoms with van der Waals surface area (Å²) in [6, 6.07) is 7.65. The number of benzene rings is 1. The molecule has 3 N–H and O–H groups in total. The highest BCUT2D eigenvalue weighted by Crippen LogP contribution is 2.23. The van der Waals surface area contributed by atoms with Crippen molar-refractivity contribution < 1.29 is 4.79 Å². The van der Waals surface area contributed by atoms with E-state index < -0.39 is 5.91 Å². The normalized spacial score (nSPS) is 10.2. The third kappa shape index (κ3) is 3.48. The molecule has 0 radical (unpaired) electrons. The smallest absolute Gasteiger partial charge is 0.255 e. The first kappa shape index (κ1) is 15.2. The quantitative estimate of drug-likeness (QED) is 0.847. The van der Waals surface area contributed by atoms with Gasteiger partial charge in [-0.25, -0.2) is 0 Å². The maximum absolute atomic E-state index is 12.1. The van der Waals surface area contributed by atoms with E-state index in [1.807, 2.05) is 0 Å². The van der Waals surface area contributed by atoms with Gasteiger partial charge < -0.3 is 15.6 Å². The number of nitrogens with one attached hydrogen (secondary N) is 1. The minimum Gasteiger partial charge on any atom is -0.389 e. The number of aryl methyl sites for hydroxylation is 1. The lowest BCUT2D eigenvalue weighted by molar-refractivity contribution is 0.102. The Balaban J connectivity index is 2.25. The van der Waals surface area contributed by atoms with Crippen molar-refractivity contribution in [3.05, 3.63) is 63.0 Å². The van der Waals surface area contributed by atoms with Gasteiger partial charge in [0, 0.05) is 30.4 Å². The van der Waals surface area contributed by atoms with Crippen LogP contribution in [-0.2, 0) is 7.05 Å². The number of amides is 1. The van der Waals surface area contributed by atoms with E-state index in [2.05, 4.69) is 5.32 Å². The van der Waals surface area contributed by atoms with Crippen molar-refractivity contribution in [2.24, 2.45) is 12.8 Å². The van der Waals surface area contributed by atoms with E-state index in [1.165, 1.54) is 16.8 Å². The fourth-order valence-corrected chi connectivity index (χ4v) is 2.01. The van der Waals surface area contributed by atoms with E-state index in [4.69, 9.17) is 29.6 Å². The second-order valence-corrected chi connectivity index (χ2v) is 5.22. The number of hydrogen-bond donors (Lipinski definition) is 2. The van der Waals surface area contributed by atoms with Crippen LogP contribution in [0.15, 0.2) is 41.3 Å². The van der Waals surface area contributed by atoms with Crippen LogP contribution in [0, 0.1) is 0 Å². The van der Waals surface area contributed by atoms with Gasteiger partial charge in [0.2, 0.25) is 0 Å². The fraction of sp³-hybridized carbons (Fsp3) is 0.0714. The number of anilines is 1. The third-order valence-corrected chi connectivity index (χ3v) is 3.42. The molecule has 21 heavy (non-hydrogen) atoms. The van der Waals surface area contributed by atoms with Crippen LogP contribution >= 0.6 is 23.8 Å². The summed E-state index contributed by atoms with van der Waals surface area (Å²) in [6.45, 7) is 0. The van der Waals surface area contributed by atoms with E-state index in [1.54, 1.807) is 31.3 Å². The van der Waals surface area contributed by atoms with Crippen LogP contribution in [-0.4, -0.2) is 15.5 Å². The first-order valence-corrected chi connectivity index (χ1v) is 6.74. The highest BCUT2D eigenvalue weighted by molar-refractivity contribution is 7.80. The third-order valence-electron chi connectivity index (χ3n) is 2.87. The van der Waals surface area contributed by atoms with E-state index in [-0.39, 0.29) is 16.1 Å². The molecule has 108 valence electrons. The van der Waals surface area contributed by atoms with Crippen molar-refractivity contribution in [3.63, 3.8) is 0 Å². The monoisotopic (exact) mass is 321 g/mol. The van der Waals surface area contributed by atoms with Gasteiger partial charge in [0.05, 0.1) is 10.7 Å². The molecule has 0 aliphatic heterocycles. The largest absolute Gasteiger partial charge is 0.389 e. The lowest BCUT2D eigenvalue weighted by Crippen LogP contribution is -2.20. The topological polar surface area (TPSA) is 77.1 Å². The number of aromatic nitrogens is 1. The number of nitrogens with zero attached hydrogens (tertiary/aromatic N) is 1.